The summed E-state index contributed by atoms with van der Waals surface area (Å²) in [4.78, 5) is 14.4. The van der Waals surface area contributed by atoms with Crippen LogP contribution >= 0.6 is 0 Å². The summed E-state index contributed by atoms with van der Waals surface area (Å²) in [5.41, 5.74) is 0.640. The van der Waals surface area contributed by atoms with Crippen LogP contribution < -0.4 is 10.1 Å². The average molecular weight is 234 g/mol. The van der Waals surface area contributed by atoms with Crippen LogP contribution in [-0.4, -0.2) is 26.4 Å². The fourth-order valence-electron chi connectivity index (χ4n) is 1.14. The van der Waals surface area contributed by atoms with Crippen molar-refractivity contribution in [2.45, 2.75) is 6.42 Å². The van der Waals surface area contributed by atoms with Gasteiger partial charge in [-0.25, -0.2) is 11.4 Å². The van der Waals surface area contributed by atoms with Crippen molar-refractivity contribution >= 4 is 11.8 Å². The zero-order chi connectivity index (χ0) is 12.5. The molecule has 0 aliphatic rings. The number of ether oxygens (including phenoxy) is 2. The first-order chi connectivity index (χ1) is 8.26. The first-order valence-electron chi connectivity index (χ1n) is 5.17. The molecule has 0 spiro atoms. The van der Waals surface area contributed by atoms with Gasteiger partial charge < -0.3 is 14.3 Å². The van der Waals surface area contributed by atoms with E-state index in [1.165, 1.54) is 0 Å². The van der Waals surface area contributed by atoms with E-state index in [4.69, 9.17) is 16.0 Å². The third-order valence-electron chi connectivity index (χ3n) is 1.98. The van der Waals surface area contributed by atoms with Crippen LogP contribution in [0.25, 0.3) is 4.85 Å². The SMILES string of the molecule is [C-]#[N+]CCCOC(=O)Nc1ccc(OC)cc1. The van der Waals surface area contributed by atoms with Gasteiger partial charge in [0.2, 0.25) is 6.54 Å². The Morgan fingerprint density at radius 1 is 1.41 bits per heavy atom. The minimum absolute atomic E-state index is 0.254. The Hall–Kier alpha value is -2.22. The predicted octanol–water partition coefficient (Wildman–Crippen LogP) is 2.55. The summed E-state index contributed by atoms with van der Waals surface area (Å²) < 4.78 is 9.87. The van der Waals surface area contributed by atoms with E-state index in [2.05, 4.69) is 10.2 Å². The predicted molar refractivity (Wildman–Crippen MR) is 64.1 cm³/mol. The molecule has 0 radical (unpaired) electrons. The minimum atomic E-state index is -0.514. The summed E-state index contributed by atoms with van der Waals surface area (Å²) in [7, 11) is 1.58. The summed E-state index contributed by atoms with van der Waals surface area (Å²) in [5, 5.41) is 2.58. The molecule has 5 heteroatoms. The molecule has 0 heterocycles. The molecule has 1 aromatic rings. The van der Waals surface area contributed by atoms with Crippen molar-refractivity contribution in [3.05, 3.63) is 35.7 Å². The second kappa shape index (κ2) is 7.12. The Labute approximate surface area is 100 Å². The molecule has 1 aromatic carbocycles. The molecule has 0 aromatic heterocycles. The maximum Gasteiger partial charge on any atom is 0.411 e. The van der Waals surface area contributed by atoms with Crippen LogP contribution in [0.4, 0.5) is 10.5 Å². The van der Waals surface area contributed by atoms with Crippen LogP contribution in [0.1, 0.15) is 6.42 Å². The Balaban J connectivity index is 2.32. The number of anilines is 1. The smallest absolute Gasteiger partial charge is 0.411 e. The minimum Gasteiger partial charge on any atom is -0.497 e. The van der Waals surface area contributed by atoms with Gasteiger partial charge in [0.05, 0.1) is 13.5 Å². The van der Waals surface area contributed by atoms with Crippen molar-refractivity contribution in [1.29, 1.82) is 0 Å². The molecule has 0 saturated carbocycles. The number of amides is 1. The molecule has 90 valence electrons. The second-order valence-corrected chi connectivity index (χ2v) is 3.22. The highest BCUT2D eigenvalue weighted by Gasteiger charge is 2.03. The third-order valence-corrected chi connectivity index (χ3v) is 1.98. The molecule has 0 saturated heterocycles. The largest absolute Gasteiger partial charge is 0.497 e. The van der Waals surface area contributed by atoms with E-state index in [1.807, 2.05) is 0 Å². The van der Waals surface area contributed by atoms with E-state index in [-0.39, 0.29) is 6.61 Å². The molecule has 0 aliphatic carbocycles. The molecule has 1 rings (SSSR count). The van der Waals surface area contributed by atoms with E-state index in [9.17, 15) is 4.79 Å². The second-order valence-electron chi connectivity index (χ2n) is 3.22. The molecular weight excluding hydrogens is 220 g/mol. The van der Waals surface area contributed by atoms with Gasteiger partial charge in [-0.05, 0) is 24.3 Å². The quantitative estimate of drug-likeness (QED) is 0.629. The monoisotopic (exact) mass is 234 g/mol. The van der Waals surface area contributed by atoms with Crippen molar-refractivity contribution in [1.82, 2.24) is 0 Å². The van der Waals surface area contributed by atoms with Crippen LogP contribution in [0.3, 0.4) is 0 Å². The lowest BCUT2D eigenvalue weighted by molar-refractivity contribution is 0.161. The number of rotatable bonds is 5. The molecule has 0 aliphatic heterocycles. The number of benzene rings is 1. The van der Waals surface area contributed by atoms with Gasteiger partial charge in [0.15, 0.2) is 0 Å². The number of nitrogens with zero attached hydrogens (tertiary/aromatic N) is 1. The summed E-state index contributed by atoms with van der Waals surface area (Å²) >= 11 is 0. The van der Waals surface area contributed by atoms with Crippen molar-refractivity contribution < 1.29 is 14.3 Å². The fourth-order valence-corrected chi connectivity index (χ4v) is 1.14. The Morgan fingerprint density at radius 2 is 2.12 bits per heavy atom. The van der Waals surface area contributed by atoms with E-state index in [0.717, 1.165) is 5.75 Å². The van der Waals surface area contributed by atoms with Crippen molar-refractivity contribution in [2.24, 2.45) is 0 Å². The number of carbonyl (C=O) groups is 1. The average Bonchev–Trinajstić information content (AvgIpc) is 2.36. The van der Waals surface area contributed by atoms with Crippen LogP contribution in [0.2, 0.25) is 0 Å². The number of methoxy groups -OCH3 is 1. The summed E-state index contributed by atoms with van der Waals surface area (Å²) in [6.45, 7) is 7.19. The van der Waals surface area contributed by atoms with Gasteiger partial charge in [0.1, 0.15) is 12.4 Å². The molecular formula is C12H14N2O3. The molecule has 17 heavy (non-hydrogen) atoms. The molecule has 0 bridgehead atoms. The third kappa shape index (κ3) is 4.89. The summed E-state index contributed by atoms with van der Waals surface area (Å²) in [6.07, 6.45) is 0.0413. The highest BCUT2D eigenvalue weighted by atomic mass is 16.5. The van der Waals surface area contributed by atoms with Gasteiger partial charge in [-0.2, -0.15) is 0 Å². The molecule has 1 N–H and O–H groups in total. The number of carbonyl (C=O) groups excluding carboxylic acids is 1. The first-order valence-corrected chi connectivity index (χ1v) is 5.17. The normalized spacial score (nSPS) is 9.18. The van der Waals surface area contributed by atoms with E-state index >= 15 is 0 Å². The highest BCUT2D eigenvalue weighted by Crippen LogP contribution is 2.14. The lowest BCUT2D eigenvalue weighted by Crippen LogP contribution is -2.14. The van der Waals surface area contributed by atoms with Crippen molar-refractivity contribution in [3.8, 4) is 5.75 Å². The van der Waals surface area contributed by atoms with Crippen molar-refractivity contribution in [3.63, 3.8) is 0 Å². The van der Waals surface area contributed by atoms with Crippen LogP contribution in [-0.2, 0) is 4.74 Å². The zero-order valence-electron chi connectivity index (χ0n) is 9.60. The molecule has 0 unspecified atom stereocenters. The highest BCUT2D eigenvalue weighted by molar-refractivity contribution is 5.84. The van der Waals surface area contributed by atoms with Crippen LogP contribution in [0, 0.1) is 6.57 Å². The standard InChI is InChI=1S/C12H14N2O3/c1-13-8-3-9-17-12(15)14-10-4-6-11(16-2)7-5-10/h4-7H,3,8-9H2,2H3,(H,14,15). The zero-order valence-corrected chi connectivity index (χ0v) is 9.60. The van der Waals surface area contributed by atoms with Gasteiger partial charge in [-0.1, -0.05) is 0 Å². The Morgan fingerprint density at radius 3 is 2.71 bits per heavy atom. The van der Waals surface area contributed by atoms with Gasteiger partial charge in [-0.15, -0.1) is 0 Å². The fraction of sp³-hybridized carbons (Fsp3) is 0.333. The van der Waals surface area contributed by atoms with E-state index in [1.54, 1.807) is 31.4 Å². The Bertz CT molecular complexity index is 395. The van der Waals surface area contributed by atoms with E-state index in [0.29, 0.717) is 18.7 Å². The number of nitrogens with one attached hydrogen (secondary N) is 1. The van der Waals surface area contributed by atoms with Gasteiger partial charge in [0.25, 0.3) is 0 Å². The molecule has 1 amide bonds. The molecule has 0 fully saturated rings. The Kier molecular flexibility index (Phi) is 5.38. The topological polar surface area (TPSA) is 51.9 Å². The van der Waals surface area contributed by atoms with Gasteiger partial charge >= 0.3 is 6.09 Å². The van der Waals surface area contributed by atoms with E-state index < -0.39 is 6.09 Å². The van der Waals surface area contributed by atoms with Gasteiger partial charge in [-0.3, -0.25) is 5.32 Å². The lowest BCUT2D eigenvalue weighted by atomic mass is 10.3. The maximum atomic E-state index is 11.3. The lowest BCUT2D eigenvalue weighted by Gasteiger charge is -2.06. The van der Waals surface area contributed by atoms with Crippen LogP contribution in [0.5, 0.6) is 5.75 Å². The maximum absolute atomic E-state index is 11.3. The number of hydrogen-bond donors (Lipinski definition) is 1. The number of hydrogen-bond acceptors (Lipinski definition) is 3. The van der Waals surface area contributed by atoms with Crippen molar-refractivity contribution in [2.75, 3.05) is 25.6 Å². The van der Waals surface area contributed by atoms with Gasteiger partial charge in [0, 0.05) is 5.69 Å². The summed E-state index contributed by atoms with van der Waals surface area (Å²) in [5.74, 6) is 0.723. The molecule has 5 nitrogen and oxygen atoms in total. The van der Waals surface area contributed by atoms with Crippen LogP contribution in [0.15, 0.2) is 24.3 Å². The summed E-state index contributed by atoms with van der Waals surface area (Å²) in [6, 6.07) is 6.93. The molecule has 0 atom stereocenters. The first kappa shape index (κ1) is 12.8.